The number of anilines is 1. The van der Waals surface area contributed by atoms with Crippen molar-refractivity contribution in [3.8, 4) is 11.5 Å². The molecule has 0 radical (unpaired) electrons. The molecule has 3 rings (SSSR count). The van der Waals surface area contributed by atoms with Crippen molar-refractivity contribution in [2.24, 2.45) is 0 Å². The van der Waals surface area contributed by atoms with Gasteiger partial charge in [-0.05, 0) is 42.5 Å². The summed E-state index contributed by atoms with van der Waals surface area (Å²) in [6.07, 6.45) is 0. The molecule has 3 aromatic rings. The second-order valence-electron chi connectivity index (χ2n) is 6.66. The zero-order chi connectivity index (χ0) is 23.1. The van der Waals surface area contributed by atoms with Crippen LogP contribution in [0.4, 0.5) is 5.69 Å². The summed E-state index contributed by atoms with van der Waals surface area (Å²) in [5.41, 5.74) is 1.17. The summed E-state index contributed by atoms with van der Waals surface area (Å²) < 4.78 is 37.6. The van der Waals surface area contributed by atoms with E-state index in [2.05, 4.69) is 10.0 Å². The summed E-state index contributed by atoms with van der Waals surface area (Å²) in [5, 5.41) is 2.69. The van der Waals surface area contributed by atoms with E-state index in [1.54, 1.807) is 48.5 Å². The van der Waals surface area contributed by atoms with Gasteiger partial charge >= 0.3 is 0 Å². The Bertz CT molecular complexity index is 1210. The highest BCUT2D eigenvalue weighted by atomic mass is 32.2. The molecule has 1 amide bonds. The first-order chi connectivity index (χ1) is 15.3. The highest BCUT2D eigenvalue weighted by Crippen LogP contribution is 2.28. The van der Waals surface area contributed by atoms with E-state index in [1.165, 1.54) is 38.5 Å². The maximum Gasteiger partial charge on any atom is 0.255 e. The average Bonchev–Trinajstić information content (AvgIpc) is 2.83. The lowest BCUT2D eigenvalue weighted by Gasteiger charge is -2.11. The van der Waals surface area contributed by atoms with Crippen molar-refractivity contribution in [1.82, 2.24) is 4.72 Å². The Balaban J connectivity index is 1.65. The quantitative estimate of drug-likeness (QED) is 0.481. The van der Waals surface area contributed by atoms with E-state index in [1.807, 2.05) is 0 Å². The van der Waals surface area contributed by atoms with Crippen LogP contribution in [-0.2, 0) is 10.0 Å². The number of ketones is 1. The minimum atomic E-state index is -3.89. The molecule has 0 heterocycles. The van der Waals surface area contributed by atoms with Crippen LogP contribution in [0.15, 0.2) is 77.7 Å². The molecule has 0 spiro atoms. The van der Waals surface area contributed by atoms with Gasteiger partial charge in [-0.2, -0.15) is 0 Å². The zero-order valence-corrected chi connectivity index (χ0v) is 18.3. The van der Waals surface area contributed by atoms with Crippen LogP contribution in [0.2, 0.25) is 0 Å². The summed E-state index contributed by atoms with van der Waals surface area (Å²) in [5.74, 6) is 0.177. The molecule has 32 heavy (non-hydrogen) atoms. The minimum Gasteiger partial charge on any atom is -0.493 e. The second-order valence-corrected chi connectivity index (χ2v) is 8.43. The Hall–Kier alpha value is -3.69. The van der Waals surface area contributed by atoms with Crippen molar-refractivity contribution < 1.29 is 27.5 Å². The van der Waals surface area contributed by atoms with Gasteiger partial charge in [-0.15, -0.1) is 0 Å². The van der Waals surface area contributed by atoms with E-state index in [9.17, 15) is 18.0 Å². The first-order valence-electron chi connectivity index (χ1n) is 9.55. The summed E-state index contributed by atoms with van der Waals surface area (Å²) in [4.78, 5) is 24.6. The van der Waals surface area contributed by atoms with Crippen LogP contribution in [0.3, 0.4) is 0 Å². The van der Waals surface area contributed by atoms with Crippen molar-refractivity contribution in [3.05, 3.63) is 83.9 Å². The Morgan fingerprint density at radius 3 is 2.09 bits per heavy atom. The smallest absolute Gasteiger partial charge is 0.255 e. The maximum atomic E-state index is 12.5. The predicted octanol–water partition coefficient (Wildman–Crippen LogP) is 3.12. The molecule has 0 bridgehead atoms. The number of rotatable bonds is 9. The van der Waals surface area contributed by atoms with Crippen LogP contribution < -0.4 is 19.5 Å². The largest absolute Gasteiger partial charge is 0.493 e. The van der Waals surface area contributed by atoms with Crippen LogP contribution in [0.5, 0.6) is 11.5 Å². The van der Waals surface area contributed by atoms with Gasteiger partial charge in [-0.3, -0.25) is 9.59 Å². The number of hydrogen-bond acceptors (Lipinski definition) is 6. The molecule has 8 nitrogen and oxygen atoms in total. The number of methoxy groups -OCH3 is 2. The van der Waals surface area contributed by atoms with Crippen LogP contribution in [0.1, 0.15) is 20.7 Å². The predicted molar refractivity (Wildman–Crippen MR) is 120 cm³/mol. The molecule has 0 aliphatic rings. The molecule has 0 fully saturated rings. The van der Waals surface area contributed by atoms with E-state index in [0.29, 0.717) is 28.3 Å². The molecular formula is C23H22N2O6S. The molecule has 0 atom stereocenters. The van der Waals surface area contributed by atoms with E-state index in [0.717, 1.165) is 0 Å². The number of amides is 1. The van der Waals surface area contributed by atoms with Crippen molar-refractivity contribution in [2.45, 2.75) is 4.90 Å². The van der Waals surface area contributed by atoms with Crippen molar-refractivity contribution >= 4 is 27.4 Å². The van der Waals surface area contributed by atoms with E-state index in [-0.39, 0.29) is 17.2 Å². The van der Waals surface area contributed by atoms with Gasteiger partial charge in [0.05, 0.1) is 25.7 Å². The van der Waals surface area contributed by atoms with Gasteiger partial charge in [0.15, 0.2) is 17.3 Å². The molecule has 3 aromatic carbocycles. The molecular weight excluding hydrogens is 432 g/mol. The number of carbonyl (C=O) groups is 2. The van der Waals surface area contributed by atoms with Gasteiger partial charge in [0, 0.05) is 16.8 Å². The Labute approximate surface area is 186 Å². The Morgan fingerprint density at radius 2 is 1.47 bits per heavy atom. The molecule has 0 aromatic heterocycles. The third kappa shape index (κ3) is 5.51. The maximum absolute atomic E-state index is 12.5. The van der Waals surface area contributed by atoms with Gasteiger partial charge < -0.3 is 14.8 Å². The fraction of sp³-hybridized carbons (Fsp3) is 0.130. The van der Waals surface area contributed by atoms with Gasteiger partial charge in [-0.1, -0.05) is 30.3 Å². The standard InChI is InChI=1S/C23H22N2O6S/c1-30-21-13-8-17(14-22(21)31-2)23(27)25-18-9-11-19(12-10-18)32(28,29)24-15-20(26)16-6-4-3-5-7-16/h3-14,24H,15H2,1-2H3,(H,25,27). The number of carbonyl (C=O) groups excluding carboxylic acids is 2. The van der Waals surface area contributed by atoms with Gasteiger partial charge in [0.25, 0.3) is 5.91 Å². The topological polar surface area (TPSA) is 111 Å². The van der Waals surface area contributed by atoms with E-state index < -0.39 is 15.9 Å². The van der Waals surface area contributed by atoms with Crippen LogP contribution >= 0.6 is 0 Å². The van der Waals surface area contributed by atoms with Crippen molar-refractivity contribution in [2.75, 3.05) is 26.1 Å². The van der Waals surface area contributed by atoms with Crippen molar-refractivity contribution in [3.63, 3.8) is 0 Å². The third-order valence-electron chi connectivity index (χ3n) is 4.59. The SMILES string of the molecule is COc1ccc(C(=O)Nc2ccc(S(=O)(=O)NCC(=O)c3ccccc3)cc2)cc1OC. The summed E-state index contributed by atoms with van der Waals surface area (Å²) in [6.45, 7) is -0.357. The van der Waals surface area contributed by atoms with Gasteiger partial charge in [-0.25, -0.2) is 13.1 Å². The first-order valence-corrected chi connectivity index (χ1v) is 11.0. The fourth-order valence-corrected chi connectivity index (χ4v) is 3.85. The lowest BCUT2D eigenvalue weighted by molar-refractivity contribution is 0.0994. The first kappa shape index (κ1) is 23.0. The molecule has 9 heteroatoms. The van der Waals surface area contributed by atoms with Crippen LogP contribution in [-0.4, -0.2) is 40.9 Å². The molecule has 0 saturated carbocycles. The summed E-state index contributed by atoms with van der Waals surface area (Å²) in [6, 6.07) is 18.8. The zero-order valence-electron chi connectivity index (χ0n) is 17.5. The lowest BCUT2D eigenvalue weighted by Crippen LogP contribution is -2.29. The van der Waals surface area contributed by atoms with Crippen LogP contribution in [0.25, 0.3) is 0 Å². The number of sulfonamides is 1. The van der Waals surface area contributed by atoms with Gasteiger partial charge in [0.2, 0.25) is 10.0 Å². The number of nitrogens with one attached hydrogen (secondary N) is 2. The number of hydrogen-bond donors (Lipinski definition) is 2. The van der Waals surface area contributed by atoms with Crippen molar-refractivity contribution in [1.29, 1.82) is 0 Å². The molecule has 0 unspecified atom stereocenters. The molecule has 2 N–H and O–H groups in total. The third-order valence-corrected chi connectivity index (χ3v) is 6.00. The monoisotopic (exact) mass is 454 g/mol. The summed E-state index contributed by atoms with van der Waals surface area (Å²) in [7, 11) is -0.919. The number of Topliss-reactive ketones (excluding diaryl/α,β-unsaturated/α-hetero) is 1. The minimum absolute atomic E-state index is 0.0255. The molecule has 0 aliphatic heterocycles. The molecule has 166 valence electrons. The number of ether oxygens (including phenoxy) is 2. The van der Waals surface area contributed by atoms with Gasteiger partial charge in [0.1, 0.15) is 0 Å². The highest BCUT2D eigenvalue weighted by molar-refractivity contribution is 7.89. The molecule has 0 saturated heterocycles. The Morgan fingerprint density at radius 1 is 0.812 bits per heavy atom. The molecule has 0 aliphatic carbocycles. The second kappa shape index (κ2) is 10.1. The fourth-order valence-electron chi connectivity index (χ4n) is 2.87. The number of benzene rings is 3. The lowest BCUT2D eigenvalue weighted by atomic mass is 10.1. The normalized spacial score (nSPS) is 10.9. The Kier molecular flexibility index (Phi) is 7.24. The average molecular weight is 455 g/mol. The van der Waals surface area contributed by atoms with E-state index >= 15 is 0 Å². The summed E-state index contributed by atoms with van der Waals surface area (Å²) >= 11 is 0. The van der Waals surface area contributed by atoms with Crippen LogP contribution in [0, 0.1) is 0 Å². The van der Waals surface area contributed by atoms with E-state index in [4.69, 9.17) is 9.47 Å². The highest BCUT2D eigenvalue weighted by Gasteiger charge is 2.17.